The van der Waals surface area contributed by atoms with Crippen LogP contribution in [0.3, 0.4) is 0 Å². The van der Waals surface area contributed by atoms with Crippen LogP contribution in [-0.2, 0) is 7.05 Å². The highest BCUT2D eigenvalue weighted by Crippen LogP contribution is 2.25. The van der Waals surface area contributed by atoms with E-state index in [2.05, 4.69) is 15.4 Å². The highest BCUT2D eigenvalue weighted by molar-refractivity contribution is 6.06. The summed E-state index contributed by atoms with van der Waals surface area (Å²) in [7, 11) is 3.40. The van der Waals surface area contributed by atoms with E-state index >= 15 is 0 Å². The number of ether oxygens (including phenoxy) is 1. The maximum Gasteiger partial charge on any atom is 0.255 e. The van der Waals surface area contributed by atoms with E-state index in [1.165, 1.54) is 0 Å². The van der Waals surface area contributed by atoms with Crippen molar-refractivity contribution in [2.24, 2.45) is 7.05 Å². The second kappa shape index (κ2) is 5.24. The fourth-order valence-electron chi connectivity index (χ4n) is 2.20. The second-order valence-corrected chi connectivity index (χ2v) is 4.56. The third-order valence-corrected chi connectivity index (χ3v) is 3.15. The average molecular weight is 282 g/mol. The summed E-state index contributed by atoms with van der Waals surface area (Å²) in [6, 6.07) is 8.87. The van der Waals surface area contributed by atoms with Crippen molar-refractivity contribution in [2.75, 3.05) is 12.4 Å². The van der Waals surface area contributed by atoms with Gasteiger partial charge in [0.15, 0.2) is 0 Å². The molecular weight excluding hydrogens is 268 g/mol. The van der Waals surface area contributed by atoms with Crippen molar-refractivity contribution in [2.45, 2.75) is 0 Å². The van der Waals surface area contributed by atoms with Crippen LogP contribution in [0, 0.1) is 0 Å². The molecule has 0 atom stereocenters. The maximum absolute atomic E-state index is 12.2. The number of pyridine rings is 1. The molecule has 0 saturated carbocycles. The monoisotopic (exact) mass is 282 g/mol. The third kappa shape index (κ3) is 2.43. The molecule has 0 aliphatic heterocycles. The van der Waals surface area contributed by atoms with E-state index in [4.69, 9.17) is 4.74 Å². The number of benzene rings is 1. The zero-order chi connectivity index (χ0) is 14.8. The number of aromatic nitrogens is 3. The van der Waals surface area contributed by atoms with Crippen molar-refractivity contribution >= 4 is 22.5 Å². The first-order valence-electron chi connectivity index (χ1n) is 6.41. The van der Waals surface area contributed by atoms with Crippen molar-refractivity contribution in [1.82, 2.24) is 14.8 Å². The van der Waals surface area contributed by atoms with Crippen molar-refractivity contribution in [3.63, 3.8) is 0 Å². The molecule has 3 rings (SSSR count). The smallest absolute Gasteiger partial charge is 0.255 e. The van der Waals surface area contributed by atoms with Crippen LogP contribution in [0.25, 0.3) is 10.9 Å². The van der Waals surface area contributed by atoms with Gasteiger partial charge < -0.3 is 10.1 Å². The lowest BCUT2D eigenvalue weighted by Crippen LogP contribution is -2.11. The summed E-state index contributed by atoms with van der Waals surface area (Å²) in [5, 5.41) is 8.00. The Hall–Kier alpha value is -2.89. The molecule has 0 aliphatic carbocycles. The molecule has 2 heterocycles. The van der Waals surface area contributed by atoms with Crippen LogP contribution in [0.4, 0.5) is 5.69 Å². The number of fused-ring (bicyclic) bond motifs is 1. The van der Waals surface area contributed by atoms with E-state index in [0.29, 0.717) is 22.6 Å². The van der Waals surface area contributed by atoms with Crippen molar-refractivity contribution in [3.05, 3.63) is 48.3 Å². The minimum atomic E-state index is -0.200. The molecule has 1 aromatic carbocycles. The summed E-state index contributed by atoms with van der Waals surface area (Å²) < 4.78 is 6.93. The molecule has 0 spiro atoms. The predicted molar refractivity (Wildman–Crippen MR) is 79.5 cm³/mol. The summed E-state index contributed by atoms with van der Waals surface area (Å²) in [5.74, 6) is 0.471. The Bertz CT molecular complexity index is 796. The largest absolute Gasteiger partial charge is 0.481 e. The Morgan fingerprint density at radius 3 is 2.90 bits per heavy atom. The quantitative estimate of drug-likeness (QED) is 0.799. The normalized spacial score (nSPS) is 10.6. The second-order valence-electron chi connectivity index (χ2n) is 4.56. The number of rotatable bonds is 3. The molecule has 0 aliphatic rings. The molecule has 0 radical (unpaired) electrons. The molecule has 0 fully saturated rings. The summed E-state index contributed by atoms with van der Waals surface area (Å²) in [6.07, 6.45) is 3.25. The van der Waals surface area contributed by atoms with E-state index in [9.17, 15) is 4.79 Å². The van der Waals surface area contributed by atoms with Gasteiger partial charge in [0.25, 0.3) is 5.91 Å². The molecular formula is C15H14N4O2. The number of carbonyl (C=O) groups is 1. The highest BCUT2D eigenvalue weighted by Gasteiger charge is 2.12. The van der Waals surface area contributed by atoms with E-state index < -0.39 is 0 Å². The Balaban J connectivity index is 1.92. The van der Waals surface area contributed by atoms with E-state index in [0.717, 1.165) is 5.39 Å². The minimum absolute atomic E-state index is 0.200. The summed E-state index contributed by atoms with van der Waals surface area (Å²) in [4.78, 5) is 16.2. The molecule has 0 unspecified atom stereocenters. The molecule has 106 valence electrons. The molecule has 2 aromatic heterocycles. The first-order chi connectivity index (χ1) is 10.2. The van der Waals surface area contributed by atoms with Gasteiger partial charge in [0.1, 0.15) is 0 Å². The van der Waals surface area contributed by atoms with Gasteiger partial charge in [0, 0.05) is 18.8 Å². The van der Waals surface area contributed by atoms with Crippen LogP contribution < -0.4 is 10.1 Å². The number of nitrogens with one attached hydrogen (secondary N) is 1. The van der Waals surface area contributed by atoms with Gasteiger partial charge in [0.05, 0.1) is 29.9 Å². The van der Waals surface area contributed by atoms with Crippen molar-refractivity contribution < 1.29 is 9.53 Å². The first-order valence-corrected chi connectivity index (χ1v) is 6.41. The maximum atomic E-state index is 12.2. The molecule has 21 heavy (non-hydrogen) atoms. The van der Waals surface area contributed by atoms with Gasteiger partial charge in [-0.2, -0.15) is 5.10 Å². The Morgan fingerprint density at radius 1 is 1.33 bits per heavy atom. The van der Waals surface area contributed by atoms with Crippen molar-refractivity contribution in [3.8, 4) is 5.88 Å². The lowest BCUT2D eigenvalue weighted by Gasteiger charge is -2.04. The Kier molecular flexibility index (Phi) is 3.27. The molecule has 6 heteroatoms. The van der Waals surface area contributed by atoms with Crippen LogP contribution in [0.5, 0.6) is 5.88 Å². The molecule has 0 saturated heterocycles. The predicted octanol–water partition coefficient (Wildman–Crippen LogP) is 2.23. The topological polar surface area (TPSA) is 69.0 Å². The van der Waals surface area contributed by atoms with Gasteiger partial charge in [0.2, 0.25) is 5.88 Å². The number of methoxy groups -OCH3 is 1. The van der Waals surface area contributed by atoms with Crippen LogP contribution >= 0.6 is 0 Å². The number of amides is 1. The van der Waals surface area contributed by atoms with E-state index in [1.807, 2.05) is 6.07 Å². The van der Waals surface area contributed by atoms with E-state index in [-0.39, 0.29) is 5.91 Å². The van der Waals surface area contributed by atoms with Crippen LogP contribution in [0.2, 0.25) is 0 Å². The fourth-order valence-corrected chi connectivity index (χ4v) is 2.20. The number of hydrogen-bond acceptors (Lipinski definition) is 4. The number of anilines is 1. The summed E-state index contributed by atoms with van der Waals surface area (Å²) >= 11 is 0. The van der Waals surface area contributed by atoms with E-state index in [1.54, 1.807) is 55.5 Å². The number of carbonyl (C=O) groups excluding carboxylic acids is 1. The minimum Gasteiger partial charge on any atom is -0.481 e. The Labute approximate surface area is 121 Å². The third-order valence-electron chi connectivity index (χ3n) is 3.15. The molecule has 0 bridgehead atoms. The van der Waals surface area contributed by atoms with Crippen LogP contribution in [0.15, 0.2) is 42.7 Å². The van der Waals surface area contributed by atoms with Gasteiger partial charge in [-0.1, -0.05) is 0 Å². The zero-order valence-electron chi connectivity index (χ0n) is 11.7. The first kappa shape index (κ1) is 13.1. The standard InChI is InChI=1S/C15H14N4O2/c1-19-15(21-2)12-6-5-10(8-13(12)18-19)14(20)17-11-4-3-7-16-9-11/h3-9H,1-2H3,(H,17,20). The van der Waals surface area contributed by atoms with Crippen molar-refractivity contribution in [1.29, 1.82) is 0 Å². The molecule has 1 N–H and O–H groups in total. The van der Waals surface area contributed by atoms with Gasteiger partial charge in [-0.3, -0.25) is 9.78 Å². The summed E-state index contributed by atoms with van der Waals surface area (Å²) in [5.41, 5.74) is 1.90. The average Bonchev–Trinajstić information content (AvgIpc) is 2.82. The molecule has 6 nitrogen and oxygen atoms in total. The number of hydrogen-bond donors (Lipinski definition) is 1. The van der Waals surface area contributed by atoms with Crippen LogP contribution in [-0.4, -0.2) is 27.8 Å². The zero-order valence-corrected chi connectivity index (χ0v) is 11.7. The highest BCUT2D eigenvalue weighted by atomic mass is 16.5. The molecule has 1 amide bonds. The molecule has 3 aromatic rings. The number of nitrogens with zero attached hydrogens (tertiary/aromatic N) is 3. The van der Waals surface area contributed by atoms with Gasteiger partial charge in [-0.15, -0.1) is 0 Å². The van der Waals surface area contributed by atoms with Gasteiger partial charge in [-0.05, 0) is 30.3 Å². The van der Waals surface area contributed by atoms with Crippen LogP contribution in [0.1, 0.15) is 10.4 Å². The van der Waals surface area contributed by atoms with Gasteiger partial charge >= 0.3 is 0 Å². The summed E-state index contributed by atoms with van der Waals surface area (Å²) in [6.45, 7) is 0. The number of aryl methyl sites for hydroxylation is 1. The van der Waals surface area contributed by atoms with Gasteiger partial charge in [-0.25, -0.2) is 4.68 Å². The lowest BCUT2D eigenvalue weighted by molar-refractivity contribution is 0.102. The Morgan fingerprint density at radius 2 is 2.19 bits per heavy atom. The SMILES string of the molecule is COc1c2ccc(C(=O)Nc3cccnc3)cc2nn1C. The lowest BCUT2D eigenvalue weighted by atomic mass is 10.1. The fraction of sp³-hybridized carbons (Fsp3) is 0.133.